The van der Waals surface area contributed by atoms with E-state index >= 15 is 0 Å². The summed E-state index contributed by atoms with van der Waals surface area (Å²) in [5, 5.41) is 0. The molecule has 0 spiro atoms. The van der Waals surface area contributed by atoms with E-state index in [0.29, 0.717) is 12.8 Å². The highest BCUT2D eigenvalue weighted by atomic mass is 79.9. The van der Waals surface area contributed by atoms with Gasteiger partial charge in [0.15, 0.2) is 5.78 Å². The molecule has 2 aromatic rings. The summed E-state index contributed by atoms with van der Waals surface area (Å²) in [6, 6.07) is 6.71. The quantitative estimate of drug-likeness (QED) is 0.440. The Hall–Kier alpha value is -2.07. The number of anilines is 2. The number of unbranched alkanes of at least 4 members (excludes halogenated alkanes) is 1. The molecule has 28 heavy (non-hydrogen) atoms. The molecule has 0 unspecified atom stereocenters. The molecule has 0 aliphatic rings. The first-order chi connectivity index (χ1) is 12.9. The average Bonchev–Trinajstić information content (AvgIpc) is 2.60. The van der Waals surface area contributed by atoms with Gasteiger partial charge in [-0.2, -0.15) is 13.2 Å². The Labute approximate surface area is 169 Å². The van der Waals surface area contributed by atoms with Crippen LogP contribution in [-0.2, 0) is 16.2 Å². The first-order valence-corrected chi connectivity index (χ1v) is 10.7. The molecule has 0 saturated heterocycles. The van der Waals surface area contributed by atoms with Crippen LogP contribution in [0.1, 0.15) is 41.3 Å². The number of sulfonamides is 1. The Morgan fingerprint density at radius 1 is 1.18 bits per heavy atom. The van der Waals surface area contributed by atoms with Crippen molar-refractivity contribution in [1.82, 2.24) is 0 Å². The number of hydrogen-bond donors (Lipinski definition) is 2. The van der Waals surface area contributed by atoms with Crippen molar-refractivity contribution < 1.29 is 26.4 Å². The van der Waals surface area contributed by atoms with E-state index < -0.39 is 27.5 Å². The first kappa shape index (κ1) is 22.2. The molecular formula is C18H18BrF3N2O3S. The number of hydrogen-bond acceptors (Lipinski definition) is 4. The third kappa shape index (κ3) is 5.48. The molecule has 0 saturated carbocycles. The van der Waals surface area contributed by atoms with E-state index in [4.69, 9.17) is 5.73 Å². The number of nitrogens with one attached hydrogen (secondary N) is 1. The van der Waals surface area contributed by atoms with Crippen molar-refractivity contribution in [3.05, 3.63) is 57.6 Å². The minimum absolute atomic E-state index is 0.0116. The molecule has 3 N–H and O–H groups in total. The van der Waals surface area contributed by atoms with Gasteiger partial charge in [-0.05, 0) is 42.8 Å². The Morgan fingerprint density at radius 3 is 2.43 bits per heavy atom. The van der Waals surface area contributed by atoms with Gasteiger partial charge < -0.3 is 5.73 Å². The number of alkyl halides is 3. The number of ketones is 1. The summed E-state index contributed by atoms with van der Waals surface area (Å²) in [6.45, 7) is 1.85. The van der Waals surface area contributed by atoms with Gasteiger partial charge in [-0.3, -0.25) is 9.52 Å². The average molecular weight is 479 g/mol. The normalized spacial score (nSPS) is 12.0. The van der Waals surface area contributed by atoms with Crippen LogP contribution in [0.3, 0.4) is 0 Å². The summed E-state index contributed by atoms with van der Waals surface area (Å²) in [5.41, 5.74) is 5.17. The van der Waals surface area contributed by atoms with E-state index in [1.54, 1.807) is 0 Å². The molecule has 0 heterocycles. The Balaban J connectivity index is 2.35. The number of rotatable bonds is 7. The van der Waals surface area contributed by atoms with Crippen molar-refractivity contribution in [1.29, 1.82) is 0 Å². The van der Waals surface area contributed by atoms with E-state index in [9.17, 15) is 26.4 Å². The van der Waals surface area contributed by atoms with Crippen molar-refractivity contribution in [3.8, 4) is 0 Å². The van der Waals surface area contributed by atoms with Crippen LogP contribution in [-0.4, -0.2) is 20.0 Å². The number of benzene rings is 2. The topological polar surface area (TPSA) is 89.3 Å². The Morgan fingerprint density at radius 2 is 1.86 bits per heavy atom. The van der Waals surface area contributed by atoms with Crippen molar-refractivity contribution in [2.45, 2.75) is 25.9 Å². The lowest BCUT2D eigenvalue weighted by atomic mass is 10.0. The number of carbonyl (C=O) groups is 1. The zero-order valence-electron chi connectivity index (χ0n) is 14.8. The summed E-state index contributed by atoms with van der Waals surface area (Å²) >= 11 is 2.99. The molecular weight excluding hydrogens is 461 g/mol. The fraction of sp³-hybridized carbons (Fsp3) is 0.278. The van der Waals surface area contributed by atoms with Crippen LogP contribution in [0.4, 0.5) is 24.5 Å². The molecule has 0 amide bonds. The standard InChI is InChI=1S/C18H18BrF3N2O3S/c1-2-3-8-28(26,27)24-16-9-11(4-7-15(16)23)17(25)13-6-5-12(10-14(13)19)18(20,21)22/h4-7,9-10,24H,2-3,8,23H2,1H3. The van der Waals surface area contributed by atoms with Crippen LogP contribution >= 0.6 is 15.9 Å². The van der Waals surface area contributed by atoms with E-state index in [0.717, 1.165) is 18.2 Å². The van der Waals surface area contributed by atoms with Gasteiger partial charge in [0, 0.05) is 15.6 Å². The summed E-state index contributed by atoms with van der Waals surface area (Å²) < 4.78 is 64.8. The SMILES string of the molecule is CCCCS(=O)(=O)Nc1cc(C(=O)c2ccc(C(F)(F)F)cc2Br)ccc1N. The maximum atomic E-state index is 12.8. The lowest BCUT2D eigenvalue weighted by Crippen LogP contribution is -2.18. The number of halogens is 4. The molecule has 0 bridgehead atoms. The van der Waals surface area contributed by atoms with Gasteiger partial charge in [-0.25, -0.2) is 8.42 Å². The molecule has 0 aliphatic heterocycles. The van der Waals surface area contributed by atoms with Gasteiger partial charge in [-0.1, -0.05) is 29.3 Å². The predicted octanol–water partition coefficient (Wildman–Crippen LogP) is 4.82. The lowest BCUT2D eigenvalue weighted by molar-refractivity contribution is -0.137. The predicted molar refractivity (Wildman–Crippen MR) is 106 cm³/mol. The monoisotopic (exact) mass is 478 g/mol. The second kappa shape index (κ2) is 8.52. The fourth-order valence-corrected chi connectivity index (χ4v) is 4.21. The minimum atomic E-state index is -4.53. The lowest BCUT2D eigenvalue weighted by Gasteiger charge is -2.13. The third-order valence-electron chi connectivity index (χ3n) is 3.89. The maximum absolute atomic E-state index is 12.8. The van der Waals surface area contributed by atoms with Gasteiger partial charge in [0.2, 0.25) is 10.0 Å². The van der Waals surface area contributed by atoms with Crippen molar-refractivity contribution >= 4 is 43.1 Å². The van der Waals surface area contributed by atoms with Gasteiger partial charge in [0.1, 0.15) is 0 Å². The smallest absolute Gasteiger partial charge is 0.397 e. The highest BCUT2D eigenvalue weighted by Gasteiger charge is 2.31. The molecule has 2 rings (SSSR count). The molecule has 0 atom stereocenters. The molecule has 2 aromatic carbocycles. The highest BCUT2D eigenvalue weighted by molar-refractivity contribution is 9.10. The Bertz CT molecular complexity index is 992. The van der Waals surface area contributed by atoms with Gasteiger partial charge >= 0.3 is 6.18 Å². The number of nitrogens with two attached hydrogens (primary N) is 1. The molecule has 5 nitrogen and oxygen atoms in total. The molecule has 0 aromatic heterocycles. The van der Waals surface area contributed by atoms with Crippen molar-refractivity contribution in [3.63, 3.8) is 0 Å². The largest absolute Gasteiger partial charge is 0.416 e. The molecule has 0 fully saturated rings. The van der Waals surface area contributed by atoms with Crippen LogP contribution in [0.2, 0.25) is 0 Å². The zero-order valence-corrected chi connectivity index (χ0v) is 17.2. The van der Waals surface area contributed by atoms with Gasteiger partial charge in [0.25, 0.3) is 0 Å². The van der Waals surface area contributed by atoms with Crippen molar-refractivity contribution in [2.75, 3.05) is 16.2 Å². The summed E-state index contributed by atoms with van der Waals surface area (Å²) in [4.78, 5) is 12.7. The minimum Gasteiger partial charge on any atom is -0.397 e. The second-order valence-electron chi connectivity index (χ2n) is 6.10. The maximum Gasteiger partial charge on any atom is 0.416 e. The fourth-order valence-electron chi connectivity index (χ4n) is 2.37. The highest BCUT2D eigenvalue weighted by Crippen LogP contribution is 2.33. The van der Waals surface area contributed by atoms with E-state index in [-0.39, 0.29) is 32.7 Å². The van der Waals surface area contributed by atoms with Crippen LogP contribution in [0.25, 0.3) is 0 Å². The summed E-state index contributed by atoms with van der Waals surface area (Å²) in [5.74, 6) is -0.666. The molecule has 10 heteroatoms. The second-order valence-corrected chi connectivity index (χ2v) is 8.79. The zero-order chi connectivity index (χ0) is 21.1. The van der Waals surface area contributed by atoms with Gasteiger partial charge in [-0.15, -0.1) is 0 Å². The summed E-state index contributed by atoms with van der Waals surface area (Å²) in [7, 11) is -3.63. The van der Waals surface area contributed by atoms with Crippen molar-refractivity contribution in [2.24, 2.45) is 0 Å². The van der Waals surface area contributed by atoms with E-state index in [2.05, 4.69) is 20.7 Å². The summed E-state index contributed by atoms with van der Waals surface area (Å²) in [6.07, 6.45) is -3.38. The molecule has 0 radical (unpaired) electrons. The van der Waals surface area contributed by atoms with E-state index in [1.807, 2.05) is 6.92 Å². The van der Waals surface area contributed by atoms with E-state index in [1.165, 1.54) is 18.2 Å². The molecule has 0 aliphatic carbocycles. The first-order valence-electron chi connectivity index (χ1n) is 8.26. The van der Waals surface area contributed by atoms with Crippen LogP contribution in [0.5, 0.6) is 0 Å². The van der Waals surface area contributed by atoms with Crippen LogP contribution in [0, 0.1) is 0 Å². The Kier molecular flexibility index (Phi) is 6.76. The van der Waals surface area contributed by atoms with Crippen LogP contribution in [0.15, 0.2) is 40.9 Å². The number of carbonyl (C=O) groups excluding carboxylic acids is 1. The van der Waals surface area contributed by atoms with Gasteiger partial charge in [0.05, 0.1) is 22.7 Å². The molecule has 152 valence electrons. The third-order valence-corrected chi connectivity index (χ3v) is 5.90. The number of nitrogen functional groups attached to an aromatic ring is 1. The van der Waals surface area contributed by atoms with Crippen LogP contribution < -0.4 is 10.5 Å².